The van der Waals surface area contributed by atoms with Gasteiger partial charge in [-0.3, -0.25) is 0 Å². The molecule has 0 fully saturated rings. The lowest BCUT2D eigenvalue weighted by Crippen LogP contribution is -2.36. The van der Waals surface area contributed by atoms with Crippen LogP contribution >= 0.6 is 15.9 Å². The Labute approximate surface area is 129 Å². The SMILES string of the molecule is CCC(CC)C(N)CNc1nccc2c(Br)cccc12. The molecule has 4 heteroatoms. The van der Waals surface area contributed by atoms with Crippen molar-refractivity contribution in [2.45, 2.75) is 32.7 Å². The number of nitrogens with two attached hydrogens (primary N) is 1. The summed E-state index contributed by atoms with van der Waals surface area (Å²) in [6, 6.07) is 8.33. The highest BCUT2D eigenvalue weighted by atomic mass is 79.9. The lowest BCUT2D eigenvalue weighted by Gasteiger charge is -2.22. The summed E-state index contributed by atoms with van der Waals surface area (Å²) in [4.78, 5) is 4.44. The van der Waals surface area contributed by atoms with Gasteiger partial charge in [-0.1, -0.05) is 54.8 Å². The Morgan fingerprint density at radius 2 is 1.95 bits per heavy atom. The van der Waals surface area contributed by atoms with E-state index in [2.05, 4.69) is 46.1 Å². The van der Waals surface area contributed by atoms with Crippen LogP contribution in [0, 0.1) is 5.92 Å². The monoisotopic (exact) mass is 335 g/mol. The van der Waals surface area contributed by atoms with Crippen LogP contribution in [0.1, 0.15) is 26.7 Å². The third-order valence-electron chi connectivity index (χ3n) is 3.91. The molecule has 0 bridgehead atoms. The third kappa shape index (κ3) is 3.30. The Hall–Kier alpha value is -1.13. The van der Waals surface area contributed by atoms with E-state index in [4.69, 9.17) is 5.73 Å². The van der Waals surface area contributed by atoms with E-state index >= 15 is 0 Å². The molecule has 3 N–H and O–H groups in total. The third-order valence-corrected chi connectivity index (χ3v) is 4.60. The van der Waals surface area contributed by atoms with Gasteiger partial charge in [-0.25, -0.2) is 4.98 Å². The second-order valence-corrected chi connectivity index (χ2v) is 5.97. The molecule has 2 rings (SSSR count). The standard InChI is InChI=1S/C16H22BrN3/c1-3-11(4-2)15(18)10-20-16-13-6-5-7-14(17)12(13)8-9-19-16/h5-9,11,15H,3-4,10,18H2,1-2H3,(H,19,20). The second kappa shape index (κ2) is 7.04. The van der Waals surface area contributed by atoms with Crippen molar-refractivity contribution >= 4 is 32.5 Å². The Kier molecular flexibility index (Phi) is 5.38. The van der Waals surface area contributed by atoms with Crippen LogP contribution in [-0.2, 0) is 0 Å². The number of aromatic nitrogens is 1. The molecule has 0 saturated carbocycles. The average Bonchev–Trinajstić information content (AvgIpc) is 2.47. The van der Waals surface area contributed by atoms with Crippen molar-refractivity contribution in [3.63, 3.8) is 0 Å². The van der Waals surface area contributed by atoms with E-state index in [0.717, 1.165) is 35.1 Å². The summed E-state index contributed by atoms with van der Waals surface area (Å²) in [7, 11) is 0. The summed E-state index contributed by atoms with van der Waals surface area (Å²) >= 11 is 3.58. The molecule has 1 aromatic heterocycles. The second-order valence-electron chi connectivity index (χ2n) is 5.12. The molecule has 2 aromatic rings. The van der Waals surface area contributed by atoms with Crippen molar-refractivity contribution < 1.29 is 0 Å². The minimum atomic E-state index is 0.161. The lowest BCUT2D eigenvalue weighted by atomic mass is 9.95. The van der Waals surface area contributed by atoms with Gasteiger partial charge in [0.25, 0.3) is 0 Å². The van der Waals surface area contributed by atoms with Gasteiger partial charge in [0.2, 0.25) is 0 Å². The fourth-order valence-electron chi connectivity index (χ4n) is 2.59. The number of rotatable bonds is 6. The van der Waals surface area contributed by atoms with Crippen molar-refractivity contribution in [3.8, 4) is 0 Å². The average molecular weight is 336 g/mol. The zero-order valence-electron chi connectivity index (χ0n) is 12.1. The predicted molar refractivity (Wildman–Crippen MR) is 90.0 cm³/mol. The molecular formula is C16H22BrN3. The molecular weight excluding hydrogens is 314 g/mol. The maximum absolute atomic E-state index is 6.26. The maximum Gasteiger partial charge on any atom is 0.133 e. The van der Waals surface area contributed by atoms with Crippen LogP contribution in [-0.4, -0.2) is 17.6 Å². The summed E-state index contributed by atoms with van der Waals surface area (Å²) in [5.41, 5.74) is 6.26. The molecule has 0 aliphatic carbocycles. The van der Waals surface area contributed by atoms with Crippen molar-refractivity contribution in [2.24, 2.45) is 11.7 Å². The molecule has 0 radical (unpaired) electrons. The van der Waals surface area contributed by atoms with Gasteiger partial charge in [0.1, 0.15) is 5.82 Å². The number of hydrogen-bond donors (Lipinski definition) is 2. The molecule has 0 saturated heterocycles. The van der Waals surface area contributed by atoms with E-state index in [1.54, 1.807) is 0 Å². The Morgan fingerprint density at radius 1 is 1.20 bits per heavy atom. The van der Waals surface area contributed by atoms with Gasteiger partial charge in [-0.05, 0) is 18.1 Å². The highest BCUT2D eigenvalue weighted by molar-refractivity contribution is 9.10. The largest absolute Gasteiger partial charge is 0.368 e. The van der Waals surface area contributed by atoms with E-state index < -0.39 is 0 Å². The van der Waals surface area contributed by atoms with E-state index in [1.807, 2.05) is 24.4 Å². The molecule has 0 aliphatic rings. The van der Waals surface area contributed by atoms with Gasteiger partial charge >= 0.3 is 0 Å². The number of fused-ring (bicyclic) bond motifs is 1. The number of halogens is 1. The lowest BCUT2D eigenvalue weighted by molar-refractivity contribution is 0.407. The molecule has 0 aliphatic heterocycles. The van der Waals surface area contributed by atoms with Crippen LogP contribution in [0.5, 0.6) is 0 Å². The van der Waals surface area contributed by atoms with Crippen molar-refractivity contribution in [1.29, 1.82) is 0 Å². The van der Waals surface area contributed by atoms with Gasteiger partial charge in [0.15, 0.2) is 0 Å². The zero-order valence-corrected chi connectivity index (χ0v) is 13.7. The minimum absolute atomic E-state index is 0.161. The first-order valence-corrected chi connectivity index (χ1v) is 7.99. The van der Waals surface area contributed by atoms with E-state index in [1.165, 1.54) is 5.39 Å². The normalized spacial score (nSPS) is 12.8. The highest BCUT2D eigenvalue weighted by Crippen LogP contribution is 2.27. The summed E-state index contributed by atoms with van der Waals surface area (Å²) in [6.45, 7) is 5.15. The van der Waals surface area contributed by atoms with E-state index in [9.17, 15) is 0 Å². The van der Waals surface area contributed by atoms with E-state index in [-0.39, 0.29) is 6.04 Å². The van der Waals surface area contributed by atoms with Crippen LogP contribution in [0.25, 0.3) is 10.8 Å². The smallest absolute Gasteiger partial charge is 0.133 e. The zero-order chi connectivity index (χ0) is 14.5. The van der Waals surface area contributed by atoms with Crippen LogP contribution in [0.2, 0.25) is 0 Å². The first-order chi connectivity index (χ1) is 9.67. The topological polar surface area (TPSA) is 50.9 Å². The number of nitrogens with zero attached hydrogens (tertiary/aromatic N) is 1. The molecule has 1 aromatic carbocycles. The van der Waals surface area contributed by atoms with Crippen molar-refractivity contribution in [2.75, 3.05) is 11.9 Å². The molecule has 3 nitrogen and oxygen atoms in total. The summed E-state index contributed by atoms with van der Waals surface area (Å²) in [6.07, 6.45) is 4.07. The van der Waals surface area contributed by atoms with Crippen LogP contribution in [0.15, 0.2) is 34.9 Å². The van der Waals surface area contributed by atoms with Crippen molar-refractivity contribution in [3.05, 3.63) is 34.9 Å². The number of anilines is 1. The Bertz CT molecular complexity index is 567. The number of hydrogen-bond acceptors (Lipinski definition) is 3. The molecule has 0 amide bonds. The Morgan fingerprint density at radius 3 is 2.65 bits per heavy atom. The number of pyridine rings is 1. The molecule has 0 spiro atoms. The summed E-state index contributed by atoms with van der Waals surface area (Å²) in [5.74, 6) is 1.47. The van der Waals surface area contributed by atoms with Gasteiger partial charge in [0.05, 0.1) is 0 Å². The molecule has 1 atom stereocenters. The molecule has 108 valence electrons. The number of nitrogens with one attached hydrogen (secondary N) is 1. The number of benzene rings is 1. The van der Waals surface area contributed by atoms with Gasteiger partial charge in [0, 0.05) is 34.0 Å². The molecule has 20 heavy (non-hydrogen) atoms. The van der Waals surface area contributed by atoms with Crippen LogP contribution in [0.3, 0.4) is 0 Å². The Balaban J connectivity index is 2.16. The highest BCUT2D eigenvalue weighted by Gasteiger charge is 2.14. The molecule has 1 heterocycles. The maximum atomic E-state index is 6.26. The van der Waals surface area contributed by atoms with Gasteiger partial charge in [-0.15, -0.1) is 0 Å². The quantitative estimate of drug-likeness (QED) is 0.832. The fourth-order valence-corrected chi connectivity index (χ4v) is 3.08. The molecule has 1 unspecified atom stereocenters. The minimum Gasteiger partial charge on any atom is -0.368 e. The summed E-state index contributed by atoms with van der Waals surface area (Å²) < 4.78 is 1.09. The van der Waals surface area contributed by atoms with Gasteiger partial charge in [-0.2, -0.15) is 0 Å². The predicted octanol–water partition coefficient (Wildman–Crippen LogP) is 4.17. The summed E-state index contributed by atoms with van der Waals surface area (Å²) in [5, 5.41) is 5.70. The van der Waals surface area contributed by atoms with E-state index in [0.29, 0.717) is 5.92 Å². The fraction of sp³-hybridized carbons (Fsp3) is 0.438. The van der Waals surface area contributed by atoms with Crippen LogP contribution in [0.4, 0.5) is 5.82 Å². The van der Waals surface area contributed by atoms with Gasteiger partial charge < -0.3 is 11.1 Å². The van der Waals surface area contributed by atoms with Crippen molar-refractivity contribution in [1.82, 2.24) is 4.98 Å². The first-order valence-electron chi connectivity index (χ1n) is 7.20. The van der Waals surface area contributed by atoms with Crippen LogP contribution < -0.4 is 11.1 Å². The first kappa shape index (κ1) is 15.3.